The fraction of sp³-hybridized carbons (Fsp3) is 0.500. The van der Waals surface area contributed by atoms with Gasteiger partial charge in [0.1, 0.15) is 4.99 Å². The van der Waals surface area contributed by atoms with E-state index in [1.54, 1.807) is 0 Å². The van der Waals surface area contributed by atoms with Gasteiger partial charge in [-0.05, 0) is 30.4 Å². The minimum Gasteiger partial charge on any atom is -0.389 e. The van der Waals surface area contributed by atoms with Crippen LogP contribution in [-0.4, -0.2) is 24.7 Å². The smallest absolute Gasteiger partial charge is 0.182 e. The molecule has 0 radical (unpaired) electrons. The lowest BCUT2D eigenvalue weighted by Gasteiger charge is -2.34. The second kappa shape index (κ2) is 6.01. The molecule has 1 aromatic carbocycles. The maximum atomic E-state index is 13.9. The molecule has 0 atom stereocenters. The highest BCUT2D eigenvalue weighted by molar-refractivity contribution is 7.80. The fourth-order valence-corrected chi connectivity index (χ4v) is 2.38. The molecule has 1 aromatic rings. The van der Waals surface area contributed by atoms with Gasteiger partial charge < -0.3 is 15.8 Å². The molecule has 0 bridgehead atoms. The first-order valence-electron chi connectivity index (χ1n) is 6.52. The summed E-state index contributed by atoms with van der Waals surface area (Å²) < 4.78 is 33.0. The summed E-state index contributed by atoms with van der Waals surface area (Å²) >= 11 is 4.67. The maximum Gasteiger partial charge on any atom is 0.182 e. The van der Waals surface area contributed by atoms with Crippen LogP contribution in [0.25, 0.3) is 0 Å². The van der Waals surface area contributed by atoms with Crippen molar-refractivity contribution in [2.75, 3.05) is 25.1 Å². The summed E-state index contributed by atoms with van der Waals surface area (Å²) in [7, 11) is 0. The van der Waals surface area contributed by atoms with E-state index in [1.807, 2.05) is 0 Å². The number of benzene rings is 1. The Morgan fingerprint density at radius 3 is 2.60 bits per heavy atom. The highest BCUT2D eigenvalue weighted by Gasteiger charge is 2.27. The van der Waals surface area contributed by atoms with E-state index >= 15 is 0 Å². The van der Waals surface area contributed by atoms with E-state index in [0.29, 0.717) is 19.8 Å². The van der Waals surface area contributed by atoms with E-state index < -0.39 is 11.6 Å². The molecule has 6 heteroatoms. The lowest BCUT2D eigenvalue weighted by atomic mass is 9.82. The zero-order valence-electron chi connectivity index (χ0n) is 11.3. The van der Waals surface area contributed by atoms with Crippen LogP contribution in [0.15, 0.2) is 12.1 Å². The fourth-order valence-electron chi connectivity index (χ4n) is 2.23. The van der Waals surface area contributed by atoms with Crippen LogP contribution in [0.2, 0.25) is 0 Å². The lowest BCUT2D eigenvalue weighted by molar-refractivity contribution is 0.0300. The number of nitrogens with one attached hydrogen (secondary N) is 1. The Bertz CT molecular complexity index is 516. The highest BCUT2D eigenvalue weighted by Crippen LogP contribution is 2.30. The summed E-state index contributed by atoms with van der Waals surface area (Å²) in [6.45, 7) is 4.09. The maximum absolute atomic E-state index is 13.9. The molecule has 0 spiro atoms. The Hall–Kier alpha value is -1.27. The second-order valence-electron chi connectivity index (χ2n) is 5.43. The first kappa shape index (κ1) is 15.1. The zero-order chi connectivity index (χ0) is 14.8. The van der Waals surface area contributed by atoms with Crippen molar-refractivity contribution in [3.05, 3.63) is 29.3 Å². The Balaban J connectivity index is 2.10. The van der Waals surface area contributed by atoms with Crippen molar-refractivity contribution < 1.29 is 13.5 Å². The van der Waals surface area contributed by atoms with E-state index in [4.69, 9.17) is 10.5 Å². The second-order valence-corrected chi connectivity index (χ2v) is 5.87. The largest absolute Gasteiger partial charge is 0.389 e. The third kappa shape index (κ3) is 3.24. The number of hydrogen-bond donors (Lipinski definition) is 2. The molecular formula is C14H18F2N2OS. The van der Waals surface area contributed by atoms with Crippen molar-refractivity contribution in [2.24, 2.45) is 11.1 Å². The number of hydrogen-bond acceptors (Lipinski definition) is 3. The highest BCUT2D eigenvalue weighted by atomic mass is 32.1. The van der Waals surface area contributed by atoms with Gasteiger partial charge in [0.05, 0.1) is 5.69 Å². The van der Waals surface area contributed by atoms with Crippen LogP contribution in [0.4, 0.5) is 14.5 Å². The normalized spacial score (nSPS) is 17.8. The molecule has 3 N–H and O–H groups in total. The first-order chi connectivity index (χ1) is 9.43. The Labute approximate surface area is 122 Å². The monoisotopic (exact) mass is 300 g/mol. The topological polar surface area (TPSA) is 47.3 Å². The molecular weight excluding hydrogens is 282 g/mol. The van der Waals surface area contributed by atoms with E-state index in [0.717, 1.165) is 12.8 Å². The molecule has 0 aliphatic carbocycles. The van der Waals surface area contributed by atoms with Gasteiger partial charge in [-0.3, -0.25) is 0 Å². The van der Waals surface area contributed by atoms with Crippen LogP contribution >= 0.6 is 12.2 Å². The average Bonchev–Trinajstić information content (AvgIpc) is 2.41. The minimum absolute atomic E-state index is 0.0308. The van der Waals surface area contributed by atoms with Crippen LogP contribution in [-0.2, 0) is 4.74 Å². The summed E-state index contributed by atoms with van der Waals surface area (Å²) in [4.78, 5) is -0.149. The molecule has 0 amide bonds. The molecule has 0 unspecified atom stereocenters. The summed E-state index contributed by atoms with van der Waals surface area (Å²) in [6.07, 6.45) is 1.80. The van der Waals surface area contributed by atoms with Crippen LogP contribution < -0.4 is 11.1 Å². The van der Waals surface area contributed by atoms with Gasteiger partial charge in [0.25, 0.3) is 0 Å². The van der Waals surface area contributed by atoms with Gasteiger partial charge in [0, 0.05) is 25.3 Å². The SMILES string of the molecule is CC1(CNc2ccc(C(N)=S)c(F)c2F)CCOCC1. The predicted molar refractivity (Wildman–Crippen MR) is 78.9 cm³/mol. The Morgan fingerprint density at radius 2 is 2.00 bits per heavy atom. The first-order valence-corrected chi connectivity index (χ1v) is 6.93. The number of anilines is 1. The van der Waals surface area contributed by atoms with Crippen molar-refractivity contribution in [3.8, 4) is 0 Å². The Kier molecular flexibility index (Phi) is 4.55. The molecule has 1 aliphatic heterocycles. The number of nitrogens with two attached hydrogens (primary N) is 1. The molecule has 1 aliphatic rings. The summed E-state index contributed by atoms with van der Waals surface area (Å²) in [5, 5.41) is 2.98. The summed E-state index contributed by atoms with van der Waals surface area (Å²) in [5.74, 6) is -1.94. The van der Waals surface area contributed by atoms with Gasteiger partial charge in [0.2, 0.25) is 0 Å². The molecule has 0 saturated carbocycles. The van der Waals surface area contributed by atoms with Gasteiger partial charge in [-0.1, -0.05) is 19.1 Å². The third-order valence-electron chi connectivity index (χ3n) is 3.75. The predicted octanol–water partition coefficient (Wildman–Crippen LogP) is 2.83. The third-order valence-corrected chi connectivity index (χ3v) is 3.97. The minimum atomic E-state index is -1.00. The summed E-state index contributed by atoms with van der Waals surface area (Å²) in [6, 6.07) is 2.87. The van der Waals surface area contributed by atoms with Crippen LogP contribution in [0.5, 0.6) is 0 Å². The van der Waals surface area contributed by atoms with Gasteiger partial charge in [-0.25, -0.2) is 8.78 Å². The number of thiocarbonyl (C=S) groups is 1. The molecule has 20 heavy (non-hydrogen) atoms. The van der Waals surface area contributed by atoms with E-state index in [2.05, 4.69) is 24.5 Å². The molecule has 1 saturated heterocycles. The quantitative estimate of drug-likeness (QED) is 0.840. The van der Waals surface area contributed by atoms with E-state index in [-0.39, 0.29) is 21.7 Å². The van der Waals surface area contributed by atoms with Crippen molar-refractivity contribution in [1.29, 1.82) is 0 Å². The molecule has 1 heterocycles. The number of rotatable bonds is 4. The molecule has 2 rings (SSSR count). The van der Waals surface area contributed by atoms with Crippen molar-refractivity contribution in [3.63, 3.8) is 0 Å². The molecule has 3 nitrogen and oxygen atoms in total. The van der Waals surface area contributed by atoms with Crippen molar-refractivity contribution in [2.45, 2.75) is 19.8 Å². The van der Waals surface area contributed by atoms with Gasteiger partial charge in [0.15, 0.2) is 11.6 Å². The molecule has 1 fully saturated rings. The van der Waals surface area contributed by atoms with Gasteiger partial charge >= 0.3 is 0 Å². The zero-order valence-corrected chi connectivity index (χ0v) is 12.2. The number of halogens is 2. The molecule has 110 valence electrons. The standard InChI is InChI=1S/C14H18F2N2OS/c1-14(4-6-19-7-5-14)8-18-10-3-2-9(13(17)20)11(15)12(10)16/h2-3,18H,4-8H2,1H3,(H2,17,20). The lowest BCUT2D eigenvalue weighted by Crippen LogP contribution is -2.33. The van der Waals surface area contributed by atoms with Gasteiger partial charge in [-0.15, -0.1) is 0 Å². The number of ether oxygens (including phenoxy) is 1. The summed E-state index contributed by atoms with van der Waals surface area (Å²) in [5.41, 5.74) is 5.43. The van der Waals surface area contributed by atoms with Crippen LogP contribution in [0.1, 0.15) is 25.3 Å². The Morgan fingerprint density at radius 1 is 1.35 bits per heavy atom. The van der Waals surface area contributed by atoms with E-state index in [1.165, 1.54) is 12.1 Å². The van der Waals surface area contributed by atoms with Crippen LogP contribution in [0.3, 0.4) is 0 Å². The average molecular weight is 300 g/mol. The van der Waals surface area contributed by atoms with E-state index in [9.17, 15) is 8.78 Å². The molecule has 0 aromatic heterocycles. The van der Waals surface area contributed by atoms with Crippen molar-refractivity contribution >= 4 is 22.9 Å². The van der Waals surface area contributed by atoms with Crippen molar-refractivity contribution in [1.82, 2.24) is 0 Å². The van der Waals surface area contributed by atoms with Crippen LogP contribution in [0, 0.1) is 17.0 Å². The van der Waals surface area contributed by atoms with Gasteiger partial charge in [-0.2, -0.15) is 0 Å².